The average molecular weight is 617 g/mol. The van der Waals surface area contributed by atoms with Crippen LogP contribution in [0.3, 0.4) is 0 Å². The summed E-state index contributed by atoms with van der Waals surface area (Å²) in [7, 11) is 1.15. The number of hydrogen-bond acceptors (Lipinski definition) is 12. The van der Waals surface area contributed by atoms with Crippen molar-refractivity contribution in [3.63, 3.8) is 0 Å². The molecule has 1 heterocycles. The molecule has 6 N–H and O–H groups in total. The molecule has 44 heavy (non-hydrogen) atoms. The van der Waals surface area contributed by atoms with Crippen molar-refractivity contribution in [1.29, 1.82) is 0 Å². The predicted molar refractivity (Wildman–Crippen MR) is 149 cm³/mol. The van der Waals surface area contributed by atoms with Gasteiger partial charge in [0.1, 0.15) is 23.9 Å². The predicted octanol–water partition coefficient (Wildman–Crippen LogP) is -0.899. The van der Waals surface area contributed by atoms with Crippen LogP contribution in [0.15, 0.2) is 18.2 Å². The second-order valence-corrected chi connectivity index (χ2v) is 9.17. The summed E-state index contributed by atoms with van der Waals surface area (Å²) in [6.07, 6.45) is 7.24. The van der Waals surface area contributed by atoms with E-state index in [1.54, 1.807) is 0 Å². The third-order valence-electron chi connectivity index (χ3n) is 6.15. The van der Waals surface area contributed by atoms with E-state index in [1.807, 2.05) is 5.92 Å². The van der Waals surface area contributed by atoms with Gasteiger partial charge in [-0.2, -0.15) is 5.48 Å². The summed E-state index contributed by atoms with van der Waals surface area (Å²) in [6.45, 7) is 0.0405. The van der Waals surface area contributed by atoms with Crippen molar-refractivity contribution in [2.24, 2.45) is 5.73 Å². The molecule has 0 bridgehead atoms. The lowest BCUT2D eigenvalue weighted by Crippen LogP contribution is -2.56. The van der Waals surface area contributed by atoms with Crippen LogP contribution in [0.5, 0.6) is 5.75 Å². The van der Waals surface area contributed by atoms with E-state index in [-0.39, 0.29) is 50.1 Å². The fourth-order valence-electron chi connectivity index (χ4n) is 3.88. The molecule has 0 aromatic heterocycles. The zero-order valence-corrected chi connectivity index (χ0v) is 23.7. The van der Waals surface area contributed by atoms with Gasteiger partial charge in [-0.3, -0.25) is 39.0 Å². The smallest absolute Gasteiger partial charge is 0.305 e. The summed E-state index contributed by atoms with van der Waals surface area (Å²) in [5.41, 5.74) is 7.25. The number of carbonyl (C=O) groups excluding carboxylic acids is 5. The van der Waals surface area contributed by atoms with Gasteiger partial charge in [-0.1, -0.05) is 4.99 Å². The first-order chi connectivity index (χ1) is 21.1. The number of nitro benzene ring substituents is 1. The fraction of sp³-hybridized carbons (Fsp3) is 0.444. The lowest BCUT2D eigenvalue weighted by molar-refractivity contribution is -0.384. The van der Waals surface area contributed by atoms with Crippen LogP contribution in [0.25, 0.3) is 0 Å². The van der Waals surface area contributed by atoms with Gasteiger partial charge in [0.2, 0.25) is 17.7 Å². The lowest BCUT2D eigenvalue weighted by Gasteiger charge is -2.26. The lowest BCUT2D eigenvalue weighted by atomic mass is 10.0. The van der Waals surface area contributed by atoms with E-state index in [1.165, 1.54) is 6.07 Å². The fourth-order valence-corrected chi connectivity index (χ4v) is 3.88. The summed E-state index contributed by atoms with van der Waals surface area (Å²) in [5, 5.41) is 18.9. The van der Waals surface area contributed by atoms with E-state index < -0.39 is 58.3 Å². The van der Waals surface area contributed by atoms with E-state index in [0.29, 0.717) is 12.8 Å². The van der Waals surface area contributed by atoms with Crippen LogP contribution < -0.4 is 31.9 Å². The molecule has 2 rings (SSSR count). The Labute approximate surface area is 251 Å². The number of hydrogen-bond donors (Lipinski definition) is 5. The number of nitrogens with two attached hydrogens (primary N) is 1. The van der Waals surface area contributed by atoms with Crippen molar-refractivity contribution in [2.45, 2.75) is 56.7 Å². The minimum Gasteiger partial charge on any atom is -0.493 e. The van der Waals surface area contributed by atoms with Crippen LogP contribution in [0.1, 0.15) is 48.9 Å². The molecule has 0 saturated carbocycles. The standard InChI is InChI=1S/C27H32N6O11/c1-3-4-14-43-44-29-13-6-5-7-20-26(37)30-19(24(28)35)12-15-42-22-10-8-17(33(39)40)16-18(22)25(36)31-21(27(38)32-20)9-11-23(34)41-2/h1,8,10,16,19-21,29H,5-7,9,11-13,15H2,2H3,(H2,28,35)(H,30,37)(H,31,36)(H,32,38)/t19?,20-,21+/m0/s1. The molecule has 4 amide bonds. The van der Waals surface area contributed by atoms with Crippen molar-refractivity contribution < 1.29 is 48.2 Å². The SMILES string of the molecule is C#CC#COONCCCC[C@@H]1NC(=O)[C@@H](CCC(=O)OC)NC(=O)c2cc([N+](=O)[O-])ccc2OCCC(C(N)=O)NC1=O. The van der Waals surface area contributed by atoms with Crippen molar-refractivity contribution in [2.75, 3.05) is 20.3 Å². The number of methoxy groups -OCH3 is 1. The number of benzene rings is 1. The Morgan fingerprint density at radius 3 is 2.57 bits per heavy atom. The topological polar surface area (TPSA) is 240 Å². The summed E-state index contributed by atoms with van der Waals surface area (Å²) in [4.78, 5) is 83.5. The highest BCUT2D eigenvalue weighted by atomic mass is 17.3. The van der Waals surface area contributed by atoms with Crippen LogP contribution in [0.4, 0.5) is 5.69 Å². The molecule has 0 fully saturated rings. The maximum absolute atomic E-state index is 13.4. The van der Waals surface area contributed by atoms with Gasteiger partial charge >= 0.3 is 5.97 Å². The summed E-state index contributed by atoms with van der Waals surface area (Å²) in [6, 6.07) is -0.532. The number of amides is 4. The minimum atomic E-state index is -1.38. The van der Waals surface area contributed by atoms with Crippen molar-refractivity contribution in [3.05, 3.63) is 33.9 Å². The molecule has 0 saturated heterocycles. The summed E-state index contributed by atoms with van der Waals surface area (Å²) in [5.74, 6) is 0.0627. The molecular weight excluding hydrogens is 584 g/mol. The van der Waals surface area contributed by atoms with Gasteiger partial charge in [-0.15, -0.1) is 6.42 Å². The zero-order chi connectivity index (χ0) is 32.5. The number of esters is 1. The molecule has 17 heteroatoms. The number of nitro groups is 1. The first kappa shape index (κ1) is 34.8. The molecule has 1 unspecified atom stereocenters. The number of ether oxygens (including phenoxy) is 2. The van der Waals surface area contributed by atoms with E-state index in [0.717, 1.165) is 19.2 Å². The number of primary amides is 1. The number of nitrogens with zero attached hydrogens (tertiary/aromatic N) is 1. The quantitative estimate of drug-likeness (QED) is 0.0479. The largest absolute Gasteiger partial charge is 0.493 e. The van der Waals surface area contributed by atoms with Crippen LogP contribution in [0.2, 0.25) is 0 Å². The highest BCUT2D eigenvalue weighted by molar-refractivity contribution is 6.01. The Morgan fingerprint density at radius 1 is 1.16 bits per heavy atom. The van der Waals surface area contributed by atoms with Crippen molar-refractivity contribution in [3.8, 4) is 30.1 Å². The van der Waals surface area contributed by atoms with Gasteiger partial charge < -0.3 is 31.2 Å². The Morgan fingerprint density at radius 2 is 1.89 bits per heavy atom. The molecule has 3 atom stereocenters. The van der Waals surface area contributed by atoms with Crippen molar-refractivity contribution in [1.82, 2.24) is 21.4 Å². The number of non-ortho nitro benzene ring substituents is 1. The second kappa shape index (κ2) is 18.2. The van der Waals surface area contributed by atoms with Gasteiger partial charge in [0.25, 0.3) is 11.6 Å². The molecule has 236 valence electrons. The zero-order valence-electron chi connectivity index (χ0n) is 23.7. The first-order valence-electron chi connectivity index (χ1n) is 13.3. The van der Waals surface area contributed by atoms with Gasteiger partial charge in [0.15, 0.2) is 6.11 Å². The van der Waals surface area contributed by atoms with Crippen LogP contribution in [0, 0.1) is 34.5 Å². The number of hydroxylamine groups is 1. The molecule has 17 nitrogen and oxygen atoms in total. The number of nitrogens with one attached hydrogen (secondary N) is 4. The third-order valence-corrected chi connectivity index (χ3v) is 6.15. The normalized spacial score (nSPS) is 18.6. The summed E-state index contributed by atoms with van der Waals surface area (Å²) >= 11 is 0. The average Bonchev–Trinajstić information content (AvgIpc) is 2.99. The number of rotatable bonds is 12. The Bertz CT molecular complexity index is 1330. The molecule has 1 aliphatic rings. The maximum Gasteiger partial charge on any atom is 0.305 e. The Balaban J connectivity index is 2.32. The molecule has 1 aromatic carbocycles. The highest BCUT2D eigenvalue weighted by Crippen LogP contribution is 2.25. The van der Waals surface area contributed by atoms with E-state index >= 15 is 0 Å². The van der Waals surface area contributed by atoms with Crippen molar-refractivity contribution >= 4 is 35.3 Å². The Hall–Kier alpha value is -5.39. The third kappa shape index (κ3) is 11.5. The van der Waals surface area contributed by atoms with Crippen LogP contribution in [-0.2, 0) is 33.8 Å². The number of terminal acetylenes is 1. The molecule has 0 radical (unpaired) electrons. The minimum absolute atomic E-state index is 0.0751. The molecular formula is C27H32N6O11. The van der Waals surface area contributed by atoms with Gasteiger partial charge in [0.05, 0.1) is 24.2 Å². The first-order valence-corrected chi connectivity index (χ1v) is 13.3. The molecule has 0 spiro atoms. The summed E-state index contributed by atoms with van der Waals surface area (Å²) < 4.78 is 10.3. The van der Waals surface area contributed by atoms with E-state index in [9.17, 15) is 34.1 Å². The van der Waals surface area contributed by atoms with E-state index in [4.69, 9.17) is 16.9 Å². The van der Waals surface area contributed by atoms with Gasteiger partial charge in [0, 0.05) is 37.4 Å². The van der Waals surface area contributed by atoms with Gasteiger partial charge in [-0.05, 0) is 37.7 Å². The number of fused-ring (bicyclic) bond motifs is 1. The number of unbranched alkanes of at least 4 members (excludes halogenated alkanes) is 1. The van der Waals surface area contributed by atoms with Crippen LogP contribution in [-0.4, -0.2) is 72.9 Å². The molecule has 0 aliphatic carbocycles. The van der Waals surface area contributed by atoms with E-state index in [2.05, 4.69) is 48.1 Å². The second-order valence-electron chi connectivity index (χ2n) is 9.17. The molecule has 1 aliphatic heterocycles. The Kier molecular flexibility index (Phi) is 14.4. The molecule has 1 aromatic rings. The maximum atomic E-state index is 13.4. The van der Waals surface area contributed by atoms with Gasteiger partial charge in [-0.25, -0.2) is 0 Å². The highest BCUT2D eigenvalue weighted by Gasteiger charge is 2.31. The van der Waals surface area contributed by atoms with Crippen LogP contribution >= 0.6 is 0 Å². The monoisotopic (exact) mass is 616 g/mol. The number of carbonyl (C=O) groups is 5.